The van der Waals surface area contributed by atoms with Crippen molar-refractivity contribution in [1.82, 2.24) is 4.98 Å². The van der Waals surface area contributed by atoms with Crippen LogP contribution in [0, 0.1) is 0 Å². The zero-order chi connectivity index (χ0) is 21.0. The quantitative estimate of drug-likeness (QED) is 0.322. The van der Waals surface area contributed by atoms with E-state index in [1.807, 2.05) is 48.5 Å². The number of hydrogen-bond acceptors (Lipinski definition) is 2. The van der Waals surface area contributed by atoms with E-state index in [0.29, 0.717) is 0 Å². The normalized spacial score (nSPS) is 10.7. The Morgan fingerprint density at radius 2 is 0.774 bits per heavy atom. The van der Waals surface area contributed by atoms with Crippen LogP contribution in [0.15, 0.2) is 121 Å². The van der Waals surface area contributed by atoms with Crippen LogP contribution in [0.1, 0.15) is 0 Å². The number of benzene rings is 4. The Bertz CT molecular complexity index is 1230. The number of pyridine rings is 1. The van der Waals surface area contributed by atoms with Gasteiger partial charge in [0.15, 0.2) is 0 Å². The summed E-state index contributed by atoms with van der Waals surface area (Å²) in [6.07, 6.45) is 0. The fraction of sp³-hybridized carbons (Fsp3) is 0. The average molecular weight is 399 g/mol. The van der Waals surface area contributed by atoms with Gasteiger partial charge in [-0.2, -0.15) is 0 Å². The fourth-order valence-electron chi connectivity index (χ4n) is 3.74. The van der Waals surface area contributed by atoms with Gasteiger partial charge in [-0.3, -0.25) is 0 Å². The van der Waals surface area contributed by atoms with Crippen molar-refractivity contribution < 1.29 is 0 Å². The largest absolute Gasteiger partial charge is 0.399 e. The van der Waals surface area contributed by atoms with Crippen LogP contribution >= 0.6 is 0 Å². The lowest BCUT2D eigenvalue weighted by Gasteiger charge is -2.11. The van der Waals surface area contributed by atoms with Gasteiger partial charge in [-0.1, -0.05) is 97.1 Å². The molecule has 0 radical (unpaired) electrons. The third-order valence-electron chi connectivity index (χ3n) is 5.43. The Hall–Kier alpha value is -4.17. The van der Waals surface area contributed by atoms with Gasteiger partial charge in [0, 0.05) is 16.8 Å². The maximum atomic E-state index is 5.82. The molecule has 31 heavy (non-hydrogen) atoms. The Labute approximate surface area is 182 Å². The van der Waals surface area contributed by atoms with E-state index < -0.39 is 0 Å². The van der Waals surface area contributed by atoms with E-state index in [-0.39, 0.29) is 0 Å². The molecule has 5 aromatic rings. The van der Waals surface area contributed by atoms with Crippen LogP contribution in [0.2, 0.25) is 0 Å². The molecular formula is C29H22N2. The Morgan fingerprint density at radius 1 is 0.387 bits per heavy atom. The summed E-state index contributed by atoms with van der Waals surface area (Å²) < 4.78 is 0. The van der Waals surface area contributed by atoms with E-state index >= 15 is 0 Å². The monoisotopic (exact) mass is 398 g/mol. The zero-order valence-electron chi connectivity index (χ0n) is 17.1. The van der Waals surface area contributed by atoms with Crippen molar-refractivity contribution in [2.45, 2.75) is 0 Å². The van der Waals surface area contributed by atoms with Gasteiger partial charge >= 0.3 is 0 Å². The summed E-state index contributed by atoms with van der Waals surface area (Å²) in [5, 5.41) is 0. The molecule has 5 rings (SSSR count). The molecule has 0 fully saturated rings. The van der Waals surface area contributed by atoms with Crippen molar-refractivity contribution in [3.8, 4) is 44.8 Å². The van der Waals surface area contributed by atoms with Crippen molar-refractivity contribution >= 4 is 5.69 Å². The van der Waals surface area contributed by atoms with Crippen LogP contribution in [0.4, 0.5) is 5.69 Å². The summed E-state index contributed by atoms with van der Waals surface area (Å²) in [6, 6.07) is 41.6. The highest BCUT2D eigenvalue weighted by atomic mass is 14.7. The lowest BCUT2D eigenvalue weighted by Crippen LogP contribution is -1.91. The highest BCUT2D eigenvalue weighted by molar-refractivity contribution is 5.77. The predicted molar refractivity (Wildman–Crippen MR) is 130 cm³/mol. The van der Waals surface area contributed by atoms with E-state index in [4.69, 9.17) is 10.7 Å². The van der Waals surface area contributed by atoms with Crippen molar-refractivity contribution in [1.29, 1.82) is 0 Å². The molecule has 4 aromatic carbocycles. The SMILES string of the molecule is Nc1ccc(-c2ccc(-c3cc(-c4ccccc4)cc(-c4ccccc4)n3)cc2)cc1. The molecule has 2 heteroatoms. The molecule has 0 saturated heterocycles. The first-order chi connectivity index (χ1) is 15.3. The number of hydrogen-bond donors (Lipinski definition) is 1. The fourth-order valence-corrected chi connectivity index (χ4v) is 3.74. The molecule has 0 aliphatic carbocycles. The lowest BCUT2D eigenvalue weighted by atomic mass is 9.98. The summed E-state index contributed by atoms with van der Waals surface area (Å²) >= 11 is 0. The first-order valence-electron chi connectivity index (χ1n) is 10.4. The third-order valence-corrected chi connectivity index (χ3v) is 5.43. The number of nitrogen functional groups attached to an aromatic ring is 1. The van der Waals surface area contributed by atoms with Gasteiger partial charge in [0.05, 0.1) is 11.4 Å². The van der Waals surface area contributed by atoms with E-state index in [2.05, 4.69) is 72.8 Å². The van der Waals surface area contributed by atoms with E-state index in [1.165, 1.54) is 5.56 Å². The molecule has 0 spiro atoms. The minimum atomic E-state index is 0.774. The van der Waals surface area contributed by atoms with E-state index in [1.54, 1.807) is 0 Å². The molecule has 148 valence electrons. The van der Waals surface area contributed by atoms with Crippen LogP contribution in [-0.4, -0.2) is 4.98 Å². The summed E-state index contributed by atoms with van der Waals surface area (Å²) in [7, 11) is 0. The van der Waals surface area contributed by atoms with Crippen LogP contribution in [0.5, 0.6) is 0 Å². The highest BCUT2D eigenvalue weighted by Gasteiger charge is 2.09. The molecule has 0 saturated carbocycles. The van der Waals surface area contributed by atoms with Crippen LogP contribution in [0.3, 0.4) is 0 Å². The maximum Gasteiger partial charge on any atom is 0.0715 e. The van der Waals surface area contributed by atoms with Crippen molar-refractivity contribution in [3.63, 3.8) is 0 Å². The van der Waals surface area contributed by atoms with Gasteiger partial charge in [0.25, 0.3) is 0 Å². The third kappa shape index (κ3) is 4.10. The molecule has 2 nitrogen and oxygen atoms in total. The molecule has 2 N–H and O–H groups in total. The second-order valence-corrected chi connectivity index (χ2v) is 7.56. The van der Waals surface area contributed by atoms with Gasteiger partial charge in [-0.05, 0) is 46.5 Å². The van der Waals surface area contributed by atoms with Gasteiger partial charge < -0.3 is 5.73 Å². The van der Waals surface area contributed by atoms with Crippen molar-refractivity contribution in [2.75, 3.05) is 5.73 Å². The van der Waals surface area contributed by atoms with Crippen LogP contribution < -0.4 is 5.73 Å². The first kappa shape index (κ1) is 18.8. The summed E-state index contributed by atoms with van der Waals surface area (Å²) in [5.41, 5.74) is 15.4. The summed E-state index contributed by atoms with van der Waals surface area (Å²) in [5.74, 6) is 0. The van der Waals surface area contributed by atoms with E-state index in [9.17, 15) is 0 Å². The first-order valence-corrected chi connectivity index (χ1v) is 10.4. The number of nitrogens with zero attached hydrogens (tertiary/aromatic N) is 1. The van der Waals surface area contributed by atoms with E-state index in [0.717, 1.165) is 44.9 Å². The Kier molecular flexibility index (Phi) is 5.04. The van der Waals surface area contributed by atoms with Crippen molar-refractivity contribution in [3.05, 3.63) is 121 Å². The molecule has 0 atom stereocenters. The molecule has 0 amide bonds. The molecule has 0 aliphatic rings. The van der Waals surface area contributed by atoms with Crippen molar-refractivity contribution in [2.24, 2.45) is 0 Å². The second-order valence-electron chi connectivity index (χ2n) is 7.56. The molecular weight excluding hydrogens is 376 g/mol. The number of nitrogens with two attached hydrogens (primary N) is 1. The molecule has 1 aromatic heterocycles. The standard InChI is InChI=1S/C29H22N2/c30-27-17-15-23(16-18-27)22-11-13-25(14-12-22)29-20-26(21-7-3-1-4-8-21)19-28(31-29)24-9-5-2-6-10-24/h1-20H,30H2. The summed E-state index contributed by atoms with van der Waals surface area (Å²) in [6.45, 7) is 0. The minimum Gasteiger partial charge on any atom is -0.399 e. The number of anilines is 1. The van der Waals surface area contributed by atoms with Gasteiger partial charge in [0.1, 0.15) is 0 Å². The highest BCUT2D eigenvalue weighted by Crippen LogP contribution is 2.31. The van der Waals surface area contributed by atoms with Gasteiger partial charge in [0.2, 0.25) is 0 Å². The van der Waals surface area contributed by atoms with Crippen LogP contribution in [-0.2, 0) is 0 Å². The Balaban J connectivity index is 1.58. The number of rotatable bonds is 4. The topological polar surface area (TPSA) is 38.9 Å². The summed E-state index contributed by atoms with van der Waals surface area (Å²) in [4.78, 5) is 5.00. The zero-order valence-corrected chi connectivity index (χ0v) is 17.1. The average Bonchev–Trinajstić information content (AvgIpc) is 2.85. The lowest BCUT2D eigenvalue weighted by molar-refractivity contribution is 1.32. The van der Waals surface area contributed by atoms with Crippen LogP contribution in [0.25, 0.3) is 44.8 Å². The van der Waals surface area contributed by atoms with Gasteiger partial charge in [-0.25, -0.2) is 4.98 Å². The minimum absolute atomic E-state index is 0.774. The second kappa shape index (κ2) is 8.29. The molecule has 0 unspecified atom stereocenters. The smallest absolute Gasteiger partial charge is 0.0715 e. The molecule has 0 aliphatic heterocycles. The Morgan fingerprint density at radius 3 is 1.32 bits per heavy atom. The van der Waals surface area contributed by atoms with Gasteiger partial charge in [-0.15, -0.1) is 0 Å². The predicted octanol–water partition coefficient (Wildman–Crippen LogP) is 7.33. The maximum absolute atomic E-state index is 5.82. The molecule has 0 bridgehead atoms. The molecule has 1 heterocycles. The number of aromatic nitrogens is 1.